The van der Waals surface area contributed by atoms with Gasteiger partial charge in [0.1, 0.15) is 0 Å². The van der Waals surface area contributed by atoms with Crippen LogP contribution in [0.15, 0.2) is 36.4 Å². The zero-order valence-electron chi connectivity index (χ0n) is 11.9. The molecule has 0 radical (unpaired) electrons. The first-order valence-electron chi connectivity index (χ1n) is 7.62. The summed E-state index contributed by atoms with van der Waals surface area (Å²) in [6, 6.07) is 13.3. The van der Waals surface area contributed by atoms with Gasteiger partial charge in [-0.25, -0.2) is 0 Å². The van der Waals surface area contributed by atoms with Gasteiger partial charge in [0.15, 0.2) is 0 Å². The SMILES string of the molecule is CCCc1cc2c(n1Cc1ccccc1)CCCC2. The highest BCUT2D eigenvalue weighted by atomic mass is 15.0. The molecule has 1 aliphatic rings. The second kappa shape index (κ2) is 5.64. The van der Waals surface area contributed by atoms with E-state index >= 15 is 0 Å². The molecule has 0 saturated carbocycles. The fraction of sp³-hybridized carbons (Fsp3) is 0.444. The molecule has 0 unspecified atom stereocenters. The van der Waals surface area contributed by atoms with Crippen LogP contribution in [0.25, 0.3) is 0 Å². The first-order valence-corrected chi connectivity index (χ1v) is 7.62. The predicted octanol–water partition coefficient (Wildman–Crippen LogP) is 4.37. The van der Waals surface area contributed by atoms with Crippen LogP contribution in [0.4, 0.5) is 0 Å². The summed E-state index contributed by atoms with van der Waals surface area (Å²) in [5.41, 5.74) is 6.19. The van der Waals surface area contributed by atoms with Gasteiger partial charge in [0, 0.05) is 17.9 Å². The van der Waals surface area contributed by atoms with Crippen LogP contribution in [0.5, 0.6) is 0 Å². The fourth-order valence-electron chi connectivity index (χ4n) is 3.26. The maximum absolute atomic E-state index is 2.59. The number of aryl methyl sites for hydroxylation is 2. The van der Waals surface area contributed by atoms with E-state index in [1.165, 1.54) is 44.1 Å². The van der Waals surface area contributed by atoms with Crippen molar-refractivity contribution in [2.45, 2.75) is 52.0 Å². The summed E-state index contributed by atoms with van der Waals surface area (Å²) in [6.45, 7) is 3.32. The molecular formula is C18H23N. The Hall–Kier alpha value is -1.50. The number of nitrogens with zero attached hydrogens (tertiary/aromatic N) is 1. The van der Waals surface area contributed by atoms with Gasteiger partial charge in [-0.15, -0.1) is 0 Å². The summed E-state index contributed by atoms with van der Waals surface area (Å²) < 4.78 is 2.59. The topological polar surface area (TPSA) is 4.93 Å². The summed E-state index contributed by atoms with van der Waals surface area (Å²) in [5.74, 6) is 0. The Morgan fingerprint density at radius 2 is 1.84 bits per heavy atom. The number of aromatic nitrogens is 1. The molecule has 1 aromatic carbocycles. The lowest BCUT2D eigenvalue weighted by molar-refractivity contribution is 0.617. The van der Waals surface area contributed by atoms with E-state index in [0.717, 1.165) is 6.54 Å². The normalized spacial score (nSPS) is 14.4. The van der Waals surface area contributed by atoms with E-state index in [-0.39, 0.29) is 0 Å². The maximum Gasteiger partial charge on any atom is 0.0475 e. The molecule has 0 spiro atoms. The van der Waals surface area contributed by atoms with Crippen LogP contribution in [0.2, 0.25) is 0 Å². The zero-order valence-corrected chi connectivity index (χ0v) is 11.9. The van der Waals surface area contributed by atoms with Crippen molar-refractivity contribution in [1.82, 2.24) is 4.57 Å². The molecule has 3 rings (SSSR count). The molecule has 0 bridgehead atoms. The van der Waals surface area contributed by atoms with Gasteiger partial charge < -0.3 is 4.57 Å². The molecule has 1 heteroatoms. The number of fused-ring (bicyclic) bond motifs is 1. The lowest BCUT2D eigenvalue weighted by Crippen LogP contribution is -2.11. The van der Waals surface area contributed by atoms with E-state index in [9.17, 15) is 0 Å². The number of rotatable bonds is 4. The Morgan fingerprint density at radius 3 is 2.63 bits per heavy atom. The summed E-state index contributed by atoms with van der Waals surface area (Å²) >= 11 is 0. The minimum Gasteiger partial charge on any atom is -0.344 e. The predicted molar refractivity (Wildman–Crippen MR) is 80.6 cm³/mol. The van der Waals surface area contributed by atoms with Crippen LogP contribution in [-0.2, 0) is 25.8 Å². The van der Waals surface area contributed by atoms with Crippen molar-refractivity contribution < 1.29 is 0 Å². The van der Waals surface area contributed by atoms with Crippen molar-refractivity contribution in [1.29, 1.82) is 0 Å². The monoisotopic (exact) mass is 253 g/mol. The van der Waals surface area contributed by atoms with Crippen LogP contribution >= 0.6 is 0 Å². The zero-order chi connectivity index (χ0) is 13.1. The number of benzene rings is 1. The minimum atomic E-state index is 1.05. The van der Waals surface area contributed by atoms with Crippen molar-refractivity contribution >= 4 is 0 Å². The van der Waals surface area contributed by atoms with Gasteiger partial charge in [-0.2, -0.15) is 0 Å². The third-order valence-corrected chi connectivity index (χ3v) is 4.18. The first-order chi connectivity index (χ1) is 9.38. The van der Waals surface area contributed by atoms with Crippen LogP contribution < -0.4 is 0 Å². The summed E-state index contributed by atoms with van der Waals surface area (Å²) in [7, 11) is 0. The first kappa shape index (κ1) is 12.5. The highest BCUT2D eigenvalue weighted by Gasteiger charge is 2.17. The van der Waals surface area contributed by atoms with Crippen LogP contribution in [0, 0.1) is 0 Å². The third-order valence-electron chi connectivity index (χ3n) is 4.18. The molecule has 1 aliphatic carbocycles. The second-order valence-electron chi connectivity index (χ2n) is 5.64. The van der Waals surface area contributed by atoms with Crippen LogP contribution in [-0.4, -0.2) is 4.57 Å². The van der Waals surface area contributed by atoms with Crippen molar-refractivity contribution in [2.75, 3.05) is 0 Å². The molecule has 0 N–H and O–H groups in total. The quantitative estimate of drug-likeness (QED) is 0.762. The van der Waals surface area contributed by atoms with E-state index < -0.39 is 0 Å². The standard InChI is InChI=1S/C18H23N/c1-2-8-17-13-16-11-6-7-12-18(16)19(17)14-15-9-4-3-5-10-15/h3-5,9-10,13H,2,6-8,11-12,14H2,1H3. The Balaban J connectivity index is 1.95. The Morgan fingerprint density at radius 1 is 1.05 bits per heavy atom. The lowest BCUT2D eigenvalue weighted by atomic mass is 9.98. The van der Waals surface area contributed by atoms with Crippen molar-refractivity contribution in [3.8, 4) is 0 Å². The Kier molecular flexibility index (Phi) is 3.72. The summed E-state index contributed by atoms with van der Waals surface area (Å²) in [5, 5.41) is 0. The molecule has 1 aromatic heterocycles. The molecule has 2 aromatic rings. The maximum atomic E-state index is 2.59. The third kappa shape index (κ3) is 2.60. The smallest absolute Gasteiger partial charge is 0.0475 e. The molecular weight excluding hydrogens is 230 g/mol. The molecule has 0 amide bonds. The Labute approximate surface area is 116 Å². The summed E-state index contributed by atoms with van der Waals surface area (Å²) in [4.78, 5) is 0. The average Bonchev–Trinajstić information content (AvgIpc) is 2.79. The van der Waals surface area contributed by atoms with E-state index in [1.54, 1.807) is 17.0 Å². The van der Waals surface area contributed by atoms with E-state index in [4.69, 9.17) is 0 Å². The van der Waals surface area contributed by atoms with Crippen molar-refractivity contribution in [3.05, 3.63) is 58.9 Å². The van der Waals surface area contributed by atoms with E-state index in [0.29, 0.717) is 0 Å². The van der Waals surface area contributed by atoms with Gasteiger partial charge in [0.05, 0.1) is 0 Å². The molecule has 19 heavy (non-hydrogen) atoms. The lowest BCUT2D eigenvalue weighted by Gasteiger charge is -2.17. The second-order valence-corrected chi connectivity index (χ2v) is 5.64. The molecule has 1 heterocycles. The van der Waals surface area contributed by atoms with E-state index in [1.807, 2.05) is 0 Å². The molecule has 1 nitrogen and oxygen atoms in total. The van der Waals surface area contributed by atoms with Crippen molar-refractivity contribution in [2.24, 2.45) is 0 Å². The van der Waals surface area contributed by atoms with Gasteiger partial charge in [0.2, 0.25) is 0 Å². The van der Waals surface area contributed by atoms with Gasteiger partial charge >= 0.3 is 0 Å². The Bertz CT molecular complexity index is 536. The molecule has 0 fully saturated rings. The molecule has 0 atom stereocenters. The molecule has 0 aliphatic heterocycles. The van der Waals surface area contributed by atoms with E-state index in [2.05, 4.69) is 47.9 Å². The van der Waals surface area contributed by atoms with Gasteiger partial charge in [-0.05, 0) is 49.3 Å². The molecule has 0 saturated heterocycles. The van der Waals surface area contributed by atoms with Gasteiger partial charge in [-0.3, -0.25) is 0 Å². The number of hydrogen-bond acceptors (Lipinski definition) is 0. The van der Waals surface area contributed by atoms with Gasteiger partial charge in [0.25, 0.3) is 0 Å². The fourth-order valence-corrected chi connectivity index (χ4v) is 3.26. The van der Waals surface area contributed by atoms with Gasteiger partial charge in [-0.1, -0.05) is 43.7 Å². The van der Waals surface area contributed by atoms with Crippen LogP contribution in [0.1, 0.15) is 48.7 Å². The molecule has 100 valence electrons. The number of hydrogen-bond donors (Lipinski definition) is 0. The average molecular weight is 253 g/mol. The van der Waals surface area contributed by atoms with Crippen molar-refractivity contribution in [3.63, 3.8) is 0 Å². The minimum absolute atomic E-state index is 1.05. The largest absolute Gasteiger partial charge is 0.344 e. The highest BCUT2D eigenvalue weighted by molar-refractivity contribution is 5.32. The van der Waals surface area contributed by atoms with Crippen LogP contribution in [0.3, 0.4) is 0 Å². The summed E-state index contributed by atoms with van der Waals surface area (Å²) in [6.07, 6.45) is 7.72. The highest BCUT2D eigenvalue weighted by Crippen LogP contribution is 2.26.